The van der Waals surface area contributed by atoms with Crippen LogP contribution in [0.4, 0.5) is 5.69 Å². The molecule has 2 heterocycles. The molecule has 0 fully saturated rings. The highest BCUT2D eigenvalue weighted by Gasteiger charge is 2.07. The van der Waals surface area contributed by atoms with E-state index < -0.39 is 0 Å². The minimum absolute atomic E-state index is 0.160. The van der Waals surface area contributed by atoms with E-state index in [1.807, 2.05) is 25.1 Å². The van der Waals surface area contributed by atoms with Gasteiger partial charge in [-0.15, -0.1) is 11.3 Å². The van der Waals surface area contributed by atoms with E-state index >= 15 is 0 Å². The van der Waals surface area contributed by atoms with Gasteiger partial charge in [0.1, 0.15) is 5.69 Å². The van der Waals surface area contributed by atoms with Gasteiger partial charge in [-0.05, 0) is 37.6 Å². The summed E-state index contributed by atoms with van der Waals surface area (Å²) in [6, 6.07) is 7.43. The van der Waals surface area contributed by atoms with E-state index in [0.29, 0.717) is 12.2 Å². The molecule has 2 rings (SSSR count). The standard InChI is InChI=1S/C14H16ClN3OS/c1-2-16-10-5-7-17-12(9-10)14(19)18-8-6-11-3-4-13(15)20-11/h3-5,7,9H,2,6,8H2,1H3,(H,16,17)(H,18,19). The monoisotopic (exact) mass is 309 g/mol. The number of hydrogen-bond acceptors (Lipinski definition) is 4. The summed E-state index contributed by atoms with van der Waals surface area (Å²) in [5, 5.41) is 6.01. The molecule has 4 nitrogen and oxygen atoms in total. The Morgan fingerprint density at radius 2 is 2.25 bits per heavy atom. The van der Waals surface area contributed by atoms with Crippen molar-refractivity contribution in [2.75, 3.05) is 18.4 Å². The highest BCUT2D eigenvalue weighted by Crippen LogP contribution is 2.21. The minimum Gasteiger partial charge on any atom is -0.385 e. The van der Waals surface area contributed by atoms with Crippen LogP contribution in [0.15, 0.2) is 30.5 Å². The fraction of sp³-hybridized carbons (Fsp3) is 0.286. The van der Waals surface area contributed by atoms with Crippen LogP contribution in [0.25, 0.3) is 0 Å². The number of carbonyl (C=O) groups excluding carboxylic acids is 1. The molecule has 0 unspecified atom stereocenters. The molecule has 20 heavy (non-hydrogen) atoms. The van der Waals surface area contributed by atoms with Gasteiger partial charge in [-0.3, -0.25) is 9.78 Å². The number of hydrogen-bond donors (Lipinski definition) is 2. The summed E-state index contributed by atoms with van der Waals surface area (Å²) in [6.07, 6.45) is 2.40. The molecule has 0 saturated carbocycles. The van der Waals surface area contributed by atoms with Gasteiger partial charge < -0.3 is 10.6 Å². The fourth-order valence-electron chi connectivity index (χ4n) is 1.74. The third-order valence-electron chi connectivity index (χ3n) is 2.66. The fourth-order valence-corrected chi connectivity index (χ4v) is 2.83. The van der Waals surface area contributed by atoms with E-state index in [1.165, 1.54) is 11.3 Å². The summed E-state index contributed by atoms with van der Waals surface area (Å²) >= 11 is 7.39. The Balaban J connectivity index is 1.86. The minimum atomic E-state index is -0.160. The Labute approximate surface area is 127 Å². The molecule has 0 saturated heterocycles. The van der Waals surface area contributed by atoms with Crippen LogP contribution >= 0.6 is 22.9 Å². The smallest absolute Gasteiger partial charge is 0.269 e. The Hall–Kier alpha value is -1.59. The van der Waals surface area contributed by atoms with E-state index in [-0.39, 0.29) is 5.91 Å². The van der Waals surface area contributed by atoms with Gasteiger partial charge in [0, 0.05) is 29.9 Å². The molecule has 0 atom stereocenters. The Bertz CT molecular complexity index is 585. The van der Waals surface area contributed by atoms with Crippen molar-refractivity contribution in [3.8, 4) is 0 Å². The zero-order valence-electron chi connectivity index (χ0n) is 11.1. The largest absolute Gasteiger partial charge is 0.385 e. The van der Waals surface area contributed by atoms with Crippen LogP contribution in [0.1, 0.15) is 22.3 Å². The first kappa shape index (κ1) is 14.8. The third kappa shape index (κ3) is 4.21. The normalized spacial score (nSPS) is 10.3. The van der Waals surface area contributed by atoms with Crippen molar-refractivity contribution in [1.29, 1.82) is 0 Å². The first-order valence-corrected chi connectivity index (χ1v) is 7.61. The second-order valence-electron chi connectivity index (χ2n) is 4.17. The van der Waals surface area contributed by atoms with Crippen LogP contribution in [0, 0.1) is 0 Å². The van der Waals surface area contributed by atoms with Gasteiger partial charge in [0.25, 0.3) is 5.91 Å². The van der Waals surface area contributed by atoms with Crippen LogP contribution in [-0.2, 0) is 6.42 Å². The second-order valence-corrected chi connectivity index (χ2v) is 5.97. The number of thiophene rings is 1. The first-order chi connectivity index (χ1) is 9.69. The quantitative estimate of drug-likeness (QED) is 0.861. The zero-order chi connectivity index (χ0) is 14.4. The molecular weight excluding hydrogens is 294 g/mol. The average molecular weight is 310 g/mol. The summed E-state index contributed by atoms with van der Waals surface area (Å²) in [4.78, 5) is 17.2. The Morgan fingerprint density at radius 1 is 1.40 bits per heavy atom. The number of rotatable bonds is 6. The summed E-state index contributed by atoms with van der Waals surface area (Å²) in [7, 11) is 0. The van der Waals surface area contributed by atoms with Crippen LogP contribution in [0.5, 0.6) is 0 Å². The lowest BCUT2D eigenvalue weighted by Gasteiger charge is -2.06. The molecule has 2 N–H and O–H groups in total. The third-order valence-corrected chi connectivity index (χ3v) is 3.95. The first-order valence-electron chi connectivity index (χ1n) is 6.41. The van der Waals surface area contributed by atoms with Gasteiger partial charge in [0.15, 0.2) is 0 Å². The van der Waals surface area contributed by atoms with Gasteiger partial charge in [0.05, 0.1) is 4.34 Å². The average Bonchev–Trinajstić information content (AvgIpc) is 2.85. The molecule has 106 valence electrons. The van der Waals surface area contributed by atoms with Crippen LogP contribution in [0.3, 0.4) is 0 Å². The molecule has 0 spiro atoms. The topological polar surface area (TPSA) is 54.0 Å². The van der Waals surface area contributed by atoms with Gasteiger partial charge >= 0.3 is 0 Å². The second kappa shape index (κ2) is 7.26. The number of amides is 1. The van der Waals surface area contributed by atoms with E-state index in [0.717, 1.165) is 27.9 Å². The lowest BCUT2D eigenvalue weighted by atomic mass is 10.3. The summed E-state index contributed by atoms with van der Waals surface area (Å²) < 4.78 is 0.770. The number of pyridine rings is 1. The summed E-state index contributed by atoms with van der Waals surface area (Å²) in [5.74, 6) is -0.160. The van der Waals surface area contributed by atoms with Crippen molar-refractivity contribution in [3.05, 3.63) is 45.4 Å². The lowest BCUT2D eigenvalue weighted by Crippen LogP contribution is -2.26. The molecular formula is C14H16ClN3OS. The Kier molecular flexibility index (Phi) is 5.38. The highest BCUT2D eigenvalue weighted by atomic mass is 35.5. The number of anilines is 1. The van der Waals surface area contributed by atoms with Crippen LogP contribution < -0.4 is 10.6 Å². The van der Waals surface area contributed by atoms with E-state index in [1.54, 1.807) is 12.3 Å². The molecule has 0 aliphatic heterocycles. The molecule has 2 aromatic rings. The number of nitrogens with one attached hydrogen (secondary N) is 2. The maximum absolute atomic E-state index is 12.0. The molecule has 0 bridgehead atoms. The molecule has 0 aromatic carbocycles. The van der Waals surface area contributed by atoms with E-state index in [4.69, 9.17) is 11.6 Å². The number of aromatic nitrogens is 1. The van der Waals surface area contributed by atoms with Crippen LogP contribution in [-0.4, -0.2) is 24.0 Å². The summed E-state index contributed by atoms with van der Waals surface area (Å²) in [6.45, 7) is 3.39. The molecule has 2 aromatic heterocycles. The molecule has 1 amide bonds. The van der Waals surface area contributed by atoms with Crippen molar-refractivity contribution in [2.45, 2.75) is 13.3 Å². The number of halogens is 1. The van der Waals surface area contributed by atoms with Crippen molar-refractivity contribution in [3.63, 3.8) is 0 Å². The Morgan fingerprint density at radius 3 is 2.95 bits per heavy atom. The molecule has 0 aliphatic carbocycles. The van der Waals surface area contributed by atoms with Gasteiger partial charge in [-0.2, -0.15) is 0 Å². The number of nitrogens with zero attached hydrogens (tertiary/aromatic N) is 1. The van der Waals surface area contributed by atoms with Gasteiger partial charge in [0.2, 0.25) is 0 Å². The maximum atomic E-state index is 12.0. The maximum Gasteiger partial charge on any atom is 0.269 e. The van der Waals surface area contributed by atoms with E-state index in [2.05, 4.69) is 15.6 Å². The molecule has 6 heteroatoms. The van der Waals surface area contributed by atoms with Crippen molar-refractivity contribution >= 4 is 34.5 Å². The number of carbonyl (C=O) groups is 1. The molecule has 0 aliphatic rings. The van der Waals surface area contributed by atoms with Crippen molar-refractivity contribution in [2.24, 2.45) is 0 Å². The lowest BCUT2D eigenvalue weighted by molar-refractivity contribution is 0.0949. The predicted octanol–water partition coefficient (Wildman–Crippen LogP) is 3.20. The summed E-state index contributed by atoms with van der Waals surface area (Å²) in [5.41, 5.74) is 1.32. The van der Waals surface area contributed by atoms with Crippen molar-refractivity contribution < 1.29 is 4.79 Å². The van der Waals surface area contributed by atoms with Crippen LogP contribution in [0.2, 0.25) is 4.34 Å². The SMILES string of the molecule is CCNc1ccnc(C(=O)NCCc2ccc(Cl)s2)c1. The predicted molar refractivity (Wildman–Crippen MR) is 83.8 cm³/mol. The van der Waals surface area contributed by atoms with Gasteiger partial charge in [-0.25, -0.2) is 0 Å². The zero-order valence-corrected chi connectivity index (χ0v) is 12.7. The highest BCUT2D eigenvalue weighted by molar-refractivity contribution is 7.16. The molecule has 0 radical (unpaired) electrons. The van der Waals surface area contributed by atoms with Crippen molar-refractivity contribution in [1.82, 2.24) is 10.3 Å². The van der Waals surface area contributed by atoms with Gasteiger partial charge in [-0.1, -0.05) is 11.6 Å². The van der Waals surface area contributed by atoms with E-state index in [9.17, 15) is 4.79 Å².